The summed E-state index contributed by atoms with van der Waals surface area (Å²) in [6, 6.07) is 0.878. The third-order valence-corrected chi connectivity index (χ3v) is 2.62. The summed E-state index contributed by atoms with van der Waals surface area (Å²) in [5.41, 5.74) is 0.230. The Morgan fingerprint density at radius 1 is 1.76 bits per heavy atom. The second-order valence-electron chi connectivity index (χ2n) is 4.04. The third-order valence-electron chi connectivity index (χ3n) is 2.62. The zero-order valence-corrected chi connectivity index (χ0v) is 10.1. The van der Waals surface area contributed by atoms with Crippen molar-refractivity contribution in [3.63, 3.8) is 0 Å². The van der Waals surface area contributed by atoms with Gasteiger partial charge in [0, 0.05) is 25.7 Å². The number of carbonyl (C=O) groups excluding carboxylic acids is 1. The third kappa shape index (κ3) is 2.76. The molecule has 94 valence electrons. The maximum atomic E-state index is 11.4. The van der Waals surface area contributed by atoms with E-state index in [1.807, 2.05) is 4.90 Å². The molecule has 1 aromatic rings. The van der Waals surface area contributed by atoms with E-state index in [9.17, 15) is 4.79 Å². The number of hydrogen-bond acceptors (Lipinski definition) is 6. The molecule has 1 aromatic heterocycles. The molecule has 6 heteroatoms. The van der Waals surface area contributed by atoms with Gasteiger partial charge in [-0.25, -0.2) is 4.79 Å². The largest absolute Gasteiger partial charge is 0.461 e. The van der Waals surface area contributed by atoms with Crippen LogP contribution in [0.25, 0.3) is 0 Å². The second kappa shape index (κ2) is 5.18. The number of oxazole rings is 1. The number of carbonyl (C=O) groups is 1. The Balaban J connectivity index is 2.04. The van der Waals surface area contributed by atoms with Gasteiger partial charge in [0.1, 0.15) is 6.26 Å². The van der Waals surface area contributed by atoms with Gasteiger partial charge >= 0.3 is 5.97 Å². The van der Waals surface area contributed by atoms with Crippen LogP contribution in [-0.2, 0) is 4.74 Å². The molecule has 2 rings (SSSR count). The summed E-state index contributed by atoms with van der Waals surface area (Å²) in [7, 11) is 0. The number of hydrogen-bond donors (Lipinski definition) is 1. The minimum atomic E-state index is -0.439. The zero-order chi connectivity index (χ0) is 12.3. The Kier molecular flexibility index (Phi) is 3.63. The van der Waals surface area contributed by atoms with Crippen LogP contribution in [0.3, 0.4) is 0 Å². The molecule has 0 amide bonds. The van der Waals surface area contributed by atoms with Gasteiger partial charge in [-0.05, 0) is 13.8 Å². The van der Waals surface area contributed by atoms with Gasteiger partial charge in [-0.15, -0.1) is 0 Å². The highest BCUT2D eigenvalue weighted by Crippen LogP contribution is 2.15. The van der Waals surface area contributed by atoms with Crippen LogP contribution in [0.5, 0.6) is 0 Å². The first-order chi connectivity index (χ1) is 8.20. The maximum absolute atomic E-state index is 11.4. The highest BCUT2D eigenvalue weighted by atomic mass is 16.5. The smallest absolute Gasteiger partial charge is 0.360 e. The van der Waals surface area contributed by atoms with E-state index in [0.717, 1.165) is 19.6 Å². The monoisotopic (exact) mass is 239 g/mol. The van der Waals surface area contributed by atoms with Gasteiger partial charge in [-0.3, -0.25) is 0 Å². The van der Waals surface area contributed by atoms with Crippen molar-refractivity contribution in [1.29, 1.82) is 0 Å². The lowest BCUT2D eigenvalue weighted by Crippen LogP contribution is -2.49. The molecule has 0 aliphatic carbocycles. The van der Waals surface area contributed by atoms with Gasteiger partial charge in [0.05, 0.1) is 6.61 Å². The van der Waals surface area contributed by atoms with Crippen molar-refractivity contribution in [3.05, 3.63) is 12.0 Å². The molecule has 0 unspecified atom stereocenters. The number of ether oxygens (including phenoxy) is 1. The van der Waals surface area contributed by atoms with Crippen LogP contribution in [0.2, 0.25) is 0 Å². The normalized spacial score (nSPS) is 20.4. The van der Waals surface area contributed by atoms with Crippen molar-refractivity contribution in [2.24, 2.45) is 0 Å². The number of esters is 1. The molecule has 1 aliphatic heterocycles. The molecule has 1 aliphatic rings. The average molecular weight is 239 g/mol. The van der Waals surface area contributed by atoms with Gasteiger partial charge in [0.25, 0.3) is 6.01 Å². The van der Waals surface area contributed by atoms with Gasteiger partial charge in [0.15, 0.2) is 5.69 Å². The quantitative estimate of drug-likeness (QED) is 0.781. The molecule has 1 fully saturated rings. The molecule has 1 atom stereocenters. The van der Waals surface area contributed by atoms with Crippen molar-refractivity contribution in [1.82, 2.24) is 10.3 Å². The summed E-state index contributed by atoms with van der Waals surface area (Å²) in [5.74, 6) is -0.439. The standard InChI is InChI=1S/C11H17N3O3/c1-3-16-10(15)9-7-17-11(13-9)14-5-4-12-8(2)6-14/h7-8,12H,3-6H2,1-2H3/t8-/m1/s1. The summed E-state index contributed by atoms with van der Waals surface area (Å²) in [5, 5.41) is 3.33. The van der Waals surface area contributed by atoms with Crippen LogP contribution in [-0.4, -0.2) is 43.2 Å². The van der Waals surface area contributed by atoms with Crippen molar-refractivity contribution in [3.8, 4) is 0 Å². The molecule has 0 saturated carbocycles. The van der Waals surface area contributed by atoms with Crippen LogP contribution < -0.4 is 10.2 Å². The van der Waals surface area contributed by atoms with Gasteiger partial charge in [0.2, 0.25) is 0 Å². The van der Waals surface area contributed by atoms with E-state index in [1.165, 1.54) is 6.26 Å². The Bertz CT molecular complexity index is 391. The van der Waals surface area contributed by atoms with Crippen LogP contribution in [0.1, 0.15) is 24.3 Å². The van der Waals surface area contributed by atoms with E-state index >= 15 is 0 Å². The van der Waals surface area contributed by atoms with E-state index in [2.05, 4.69) is 17.2 Å². The lowest BCUT2D eigenvalue weighted by Gasteiger charge is -2.30. The fourth-order valence-electron chi connectivity index (χ4n) is 1.81. The maximum Gasteiger partial charge on any atom is 0.360 e. The number of piperazine rings is 1. The molecule has 2 heterocycles. The minimum absolute atomic E-state index is 0.230. The first kappa shape index (κ1) is 11.9. The van der Waals surface area contributed by atoms with Gasteiger partial charge < -0.3 is 19.4 Å². The highest BCUT2D eigenvalue weighted by molar-refractivity contribution is 5.87. The molecule has 17 heavy (non-hydrogen) atoms. The number of nitrogens with one attached hydrogen (secondary N) is 1. The molecule has 1 N–H and O–H groups in total. The predicted octanol–water partition coefficient (Wildman–Crippen LogP) is 0.649. The lowest BCUT2D eigenvalue weighted by atomic mass is 10.2. The molecule has 0 spiro atoms. The zero-order valence-electron chi connectivity index (χ0n) is 10.1. The second-order valence-corrected chi connectivity index (χ2v) is 4.04. The predicted molar refractivity (Wildman–Crippen MR) is 62.1 cm³/mol. The number of rotatable bonds is 3. The summed E-state index contributed by atoms with van der Waals surface area (Å²) in [6.45, 7) is 6.73. The first-order valence-corrected chi connectivity index (χ1v) is 5.81. The van der Waals surface area contributed by atoms with Crippen molar-refractivity contribution >= 4 is 12.0 Å². The van der Waals surface area contributed by atoms with Gasteiger partial charge in [-0.2, -0.15) is 4.98 Å². The molecular weight excluding hydrogens is 222 g/mol. The molecule has 0 aromatic carbocycles. The molecule has 0 bridgehead atoms. The average Bonchev–Trinajstić information content (AvgIpc) is 2.78. The van der Waals surface area contributed by atoms with E-state index < -0.39 is 5.97 Å². The molecule has 0 radical (unpaired) electrons. The van der Waals surface area contributed by atoms with Gasteiger partial charge in [-0.1, -0.05) is 0 Å². The van der Waals surface area contributed by atoms with E-state index in [1.54, 1.807) is 6.92 Å². The fourth-order valence-corrected chi connectivity index (χ4v) is 1.81. The van der Waals surface area contributed by atoms with E-state index in [0.29, 0.717) is 18.7 Å². The van der Waals surface area contributed by atoms with Crippen molar-refractivity contribution < 1.29 is 13.9 Å². The molecular formula is C11H17N3O3. The highest BCUT2D eigenvalue weighted by Gasteiger charge is 2.21. The minimum Gasteiger partial charge on any atom is -0.461 e. The van der Waals surface area contributed by atoms with Crippen LogP contribution >= 0.6 is 0 Å². The Morgan fingerprint density at radius 3 is 3.29 bits per heavy atom. The Labute approximate surface area is 99.9 Å². The number of anilines is 1. The summed E-state index contributed by atoms with van der Waals surface area (Å²) in [4.78, 5) is 17.6. The molecule has 1 saturated heterocycles. The van der Waals surface area contributed by atoms with Crippen molar-refractivity contribution in [2.45, 2.75) is 19.9 Å². The number of nitrogens with zero attached hydrogens (tertiary/aromatic N) is 2. The van der Waals surface area contributed by atoms with E-state index in [-0.39, 0.29) is 5.69 Å². The summed E-state index contributed by atoms with van der Waals surface area (Å²) < 4.78 is 10.2. The lowest BCUT2D eigenvalue weighted by molar-refractivity contribution is 0.0519. The van der Waals surface area contributed by atoms with Crippen molar-refractivity contribution in [2.75, 3.05) is 31.1 Å². The molecule has 6 nitrogen and oxygen atoms in total. The topological polar surface area (TPSA) is 67.6 Å². The summed E-state index contributed by atoms with van der Waals surface area (Å²) >= 11 is 0. The summed E-state index contributed by atoms with van der Waals surface area (Å²) in [6.07, 6.45) is 1.35. The first-order valence-electron chi connectivity index (χ1n) is 5.81. The Morgan fingerprint density at radius 2 is 2.59 bits per heavy atom. The SMILES string of the molecule is CCOC(=O)c1coc(N2CCN[C@H](C)C2)n1. The van der Waals surface area contributed by atoms with Crippen LogP contribution in [0.15, 0.2) is 10.7 Å². The van der Waals surface area contributed by atoms with E-state index in [4.69, 9.17) is 9.15 Å². The van der Waals surface area contributed by atoms with Crippen LogP contribution in [0, 0.1) is 0 Å². The number of aromatic nitrogens is 1. The van der Waals surface area contributed by atoms with Crippen LogP contribution in [0.4, 0.5) is 6.01 Å². The Hall–Kier alpha value is -1.56. The fraction of sp³-hybridized carbons (Fsp3) is 0.636.